The van der Waals surface area contributed by atoms with E-state index in [0.717, 1.165) is 33.8 Å². The van der Waals surface area contributed by atoms with Crippen LogP contribution in [0.5, 0.6) is 11.5 Å². The molecule has 0 spiro atoms. The number of rotatable bonds is 11. The topological polar surface area (TPSA) is 107 Å². The number of imidazole rings is 1. The Morgan fingerprint density at radius 1 is 0.917 bits per heavy atom. The lowest BCUT2D eigenvalue weighted by Crippen LogP contribution is -2.30. The van der Waals surface area contributed by atoms with Crippen LogP contribution in [0.1, 0.15) is 13.8 Å². The molecule has 2 N–H and O–H groups in total. The molecule has 0 saturated heterocycles. The second kappa shape index (κ2) is 11.0. The van der Waals surface area contributed by atoms with Crippen molar-refractivity contribution in [3.8, 4) is 45.4 Å². The summed E-state index contributed by atoms with van der Waals surface area (Å²) in [7, 11) is 1.64. The largest absolute Gasteiger partial charge is 0.492 e. The van der Waals surface area contributed by atoms with Gasteiger partial charge in [0.15, 0.2) is 0 Å². The Bertz CT molecular complexity index is 1300. The highest BCUT2D eigenvalue weighted by molar-refractivity contribution is 5.74. The van der Waals surface area contributed by atoms with Crippen LogP contribution >= 0.6 is 0 Å². The third kappa shape index (κ3) is 5.90. The molecular formula is C28H29N3O5. The maximum Gasteiger partial charge on any atom is 0.312 e. The molecule has 0 radical (unpaired) electrons. The van der Waals surface area contributed by atoms with Crippen molar-refractivity contribution in [1.82, 2.24) is 15.0 Å². The third-order valence-corrected chi connectivity index (χ3v) is 5.66. The van der Waals surface area contributed by atoms with E-state index in [4.69, 9.17) is 14.2 Å². The van der Waals surface area contributed by atoms with Gasteiger partial charge in [0.1, 0.15) is 30.5 Å². The number of hydrogen-bond donors (Lipinski definition) is 2. The standard InChI is InChI=1S/C28H29N3O5/c1-28(2,27(32)33)18-36-21-11-8-19(9-12-21)23-13-10-20(16-29-23)26-30-17-24(31-26)22-6-4-5-7-25(22)35-15-14-34-3/h4-13,16-17H,14-15,18H2,1-3H3,(H,30,31)(H,32,33). The van der Waals surface area contributed by atoms with E-state index in [1.807, 2.05) is 60.7 Å². The number of pyridine rings is 1. The van der Waals surface area contributed by atoms with Crippen LogP contribution in [0.25, 0.3) is 33.9 Å². The fourth-order valence-electron chi connectivity index (χ4n) is 3.41. The van der Waals surface area contributed by atoms with Crippen molar-refractivity contribution in [2.45, 2.75) is 13.8 Å². The first-order valence-electron chi connectivity index (χ1n) is 11.6. The van der Waals surface area contributed by atoms with Crippen LogP contribution in [0.15, 0.2) is 73.1 Å². The maximum atomic E-state index is 11.2. The van der Waals surface area contributed by atoms with Crippen LogP contribution in [0, 0.1) is 5.41 Å². The number of carboxylic acids is 1. The number of aliphatic carboxylic acids is 1. The second-order valence-corrected chi connectivity index (χ2v) is 8.92. The molecule has 0 aliphatic heterocycles. The van der Waals surface area contributed by atoms with Gasteiger partial charge in [0.05, 0.1) is 29.6 Å². The van der Waals surface area contributed by atoms with Crippen LogP contribution in [0.4, 0.5) is 0 Å². The minimum Gasteiger partial charge on any atom is -0.492 e. The Kier molecular flexibility index (Phi) is 7.65. The average molecular weight is 488 g/mol. The zero-order valence-corrected chi connectivity index (χ0v) is 20.5. The number of nitrogens with one attached hydrogen (secondary N) is 1. The highest BCUT2D eigenvalue weighted by Gasteiger charge is 2.28. The van der Waals surface area contributed by atoms with Crippen molar-refractivity contribution in [3.05, 3.63) is 73.1 Å². The minimum atomic E-state index is -0.957. The molecule has 0 aliphatic carbocycles. The molecule has 0 saturated carbocycles. The van der Waals surface area contributed by atoms with Crippen molar-refractivity contribution in [3.63, 3.8) is 0 Å². The summed E-state index contributed by atoms with van der Waals surface area (Å²) in [5.74, 6) is 1.18. The molecule has 4 rings (SSSR count). The van der Waals surface area contributed by atoms with E-state index in [1.54, 1.807) is 33.4 Å². The number of para-hydroxylation sites is 1. The molecule has 4 aromatic rings. The lowest BCUT2D eigenvalue weighted by molar-refractivity contribution is -0.148. The second-order valence-electron chi connectivity index (χ2n) is 8.92. The van der Waals surface area contributed by atoms with Crippen molar-refractivity contribution in [1.29, 1.82) is 0 Å². The first-order chi connectivity index (χ1) is 17.4. The van der Waals surface area contributed by atoms with Gasteiger partial charge in [-0.1, -0.05) is 12.1 Å². The first kappa shape index (κ1) is 24.9. The van der Waals surface area contributed by atoms with E-state index in [-0.39, 0.29) is 6.61 Å². The molecule has 2 heterocycles. The Morgan fingerprint density at radius 2 is 1.67 bits per heavy atom. The summed E-state index contributed by atoms with van der Waals surface area (Å²) < 4.78 is 16.6. The first-order valence-corrected chi connectivity index (χ1v) is 11.6. The van der Waals surface area contributed by atoms with Crippen LogP contribution < -0.4 is 9.47 Å². The minimum absolute atomic E-state index is 0.0868. The number of aromatic amines is 1. The van der Waals surface area contributed by atoms with Gasteiger partial charge in [-0.3, -0.25) is 9.78 Å². The molecule has 2 aromatic carbocycles. The van der Waals surface area contributed by atoms with Gasteiger partial charge < -0.3 is 24.3 Å². The Labute approximate surface area is 209 Å². The van der Waals surface area contributed by atoms with Crippen molar-refractivity contribution in [2.75, 3.05) is 26.9 Å². The number of hydrogen-bond acceptors (Lipinski definition) is 6. The van der Waals surface area contributed by atoms with Crippen LogP contribution in [0.2, 0.25) is 0 Å². The maximum absolute atomic E-state index is 11.2. The van der Waals surface area contributed by atoms with E-state index in [0.29, 0.717) is 24.8 Å². The zero-order valence-electron chi connectivity index (χ0n) is 20.5. The summed E-state index contributed by atoms with van der Waals surface area (Å²) >= 11 is 0. The SMILES string of the molecule is COCCOc1ccccc1-c1cnc(-c2ccc(-c3ccc(OCC(C)(C)C(=O)O)cc3)nc2)[nH]1. The summed E-state index contributed by atoms with van der Waals surface area (Å²) in [6, 6.07) is 19.1. The van der Waals surface area contributed by atoms with Gasteiger partial charge in [-0.05, 0) is 62.4 Å². The highest BCUT2D eigenvalue weighted by Crippen LogP contribution is 2.30. The van der Waals surface area contributed by atoms with Crippen molar-refractivity contribution >= 4 is 5.97 Å². The predicted octanol–water partition coefficient (Wildman–Crippen LogP) is 5.32. The normalized spacial score (nSPS) is 11.3. The summed E-state index contributed by atoms with van der Waals surface area (Å²) in [5, 5.41) is 9.22. The number of benzene rings is 2. The quantitative estimate of drug-likeness (QED) is 0.276. The molecule has 0 aliphatic rings. The molecule has 2 aromatic heterocycles. The van der Waals surface area contributed by atoms with E-state index >= 15 is 0 Å². The van der Waals surface area contributed by atoms with E-state index < -0.39 is 11.4 Å². The highest BCUT2D eigenvalue weighted by atomic mass is 16.5. The summed E-state index contributed by atoms with van der Waals surface area (Å²) in [6.07, 6.45) is 3.56. The Morgan fingerprint density at radius 3 is 2.36 bits per heavy atom. The molecule has 0 unspecified atom stereocenters. The molecule has 186 valence electrons. The summed E-state index contributed by atoms with van der Waals surface area (Å²) in [5.41, 5.74) is 3.41. The summed E-state index contributed by atoms with van der Waals surface area (Å²) in [4.78, 5) is 23.7. The van der Waals surface area contributed by atoms with Crippen LogP contribution in [0.3, 0.4) is 0 Å². The smallest absolute Gasteiger partial charge is 0.312 e. The molecule has 8 nitrogen and oxygen atoms in total. The van der Waals surface area contributed by atoms with E-state index in [1.165, 1.54) is 0 Å². The van der Waals surface area contributed by atoms with Crippen LogP contribution in [-0.2, 0) is 9.53 Å². The van der Waals surface area contributed by atoms with Crippen molar-refractivity contribution < 1.29 is 24.1 Å². The van der Waals surface area contributed by atoms with Gasteiger partial charge in [0.2, 0.25) is 0 Å². The number of aromatic nitrogens is 3. The van der Waals surface area contributed by atoms with Gasteiger partial charge in [0.25, 0.3) is 0 Å². The van der Waals surface area contributed by atoms with Gasteiger partial charge >= 0.3 is 5.97 Å². The fraction of sp³-hybridized carbons (Fsp3) is 0.250. The molecule has 0 atom stereocenters. The summed E-state index contributed by atoms with van der Waals surface area (Å²) in [6.45, 7) is 4.33. The molecule has 0 bridgehead atoms. The van der Waals surface area contributed by atoms with Gasteiger partial charge in [-0.15, -0.1) is 0 Å². The third-order valence-electron chi connectivity index (χ3n) is 5.66. The van der Waals surface area contributed by atoms with Gasteiger partial charge in [0, 0.05) is 30.0 Å². The van der Waals surface area contributed by atoms with E-state index in [2.05, 4.69) is 15.0 Å². The fourth-order valence-corrected chi connectivity index (χ4v) is 3.41. The van der Waals surface area contributed by atoms with Gasteiger partial charge in [-0.25, -0.2) is 4.98 Å². The Balaban J connectivity index is 1.45. The molecule has 8 heteroatoms. The molecule has 0 amide bonds. The van der Waals surface area contributed by atoms with E-state index in [9.17, 15) is 9.90 Å². The molecule has 0 fully saturated rings. The van der Waals surface area contributed by atoms with Gasteiger partial charge in [-0.2, -0.15) is 0 Å². The number of ether oxygens (including phenoxy) is 3. The monoisotopic (exact) mass is 487 g/mol. The zero-order chi connectivity index (χ0) is 25.5. The molecule has 36 heavy (non-hydrogen) atoms. The lowest BCUT2D eigenvalue weighted by Gasteiger charge is -2.19. The lowest BCUT2D eigenvalue weighted by atomic mass is 9.95. The van der Waals surface area contributed by atoms with Crippen molar-refractivity contribution in [2.24, 2.45) is 5.41 Å². The number of carbonyl (C=O) groups is 1. The average Bonchev–Trinajstić information content (AvgIpc) is 3.38. The number of nitrogens with zero attached hydrogens (tertiary/aromatic N) is 2. The number of H-pyrrole nitrogens is 1. The predicted molar refractivity (Wildman–Crippen MR) is 137 cm³/mol. The number of carboxylic acid groups (broad SMARTS) is 1. The Hall–Kier alpha value is -4.17. The molecular weight excluding hydrogens is 458 g/mol. The number of methoxy groups -OCH3 is 1. The van der Waals surface area contributed by atoms with Crippen LogP contribution in [-0.4, -0.2) is 53.0 Å².